The Balaban J connectivity index is 1.46. The fourth-order valence-electron chi connectivity index (χ4n) is 4.18. The molecule has 0 bridgehead atoms. The Morgan fingerprint density at radius 3 is 2.79 bits per heavy atom. The molecule has 1 atom stereocenters. The van der Waals surface area contributed by atoms with Crippen LogP contribution in [0, 0.1) is 5.82 Å². The second-order valence-corrected chi connectivity index (χ2v) is 7.76. The second-order valence-electron chi connectivity index (χ2n) is 7.76. The second kappa shape index (κ2) is 8.38. The van der Waals surface area contributed by atoms with Crippen molar-refractivity contribution < 1.29 is 19.0 Å². The maximum atomic E-state index is 13.3. The number of benzene rings is 1. The number of carbonyl (C=O) groups is 1. The van der Waals surface area contributed by atoms with Crippen LogP contribution in [-0.4, -0.2) is 42.0 Å². The van der Waals surface area contributed by atoms with Gasteiger partial charge in [0.1, 0.15) is 41.0 Å². The molecule has 1 fully saturated rings. The predicted molar refractivity (Wildman–Crippen MR) is 118 cm³/mol. The van der Waals surface area contributed by atoms with E-state index in [1.54, 1.807) is 24.5 Å². The molecule has 10 heteroatoms. The Bertz CT molecular complexity index is 1320. The number of nitrogens with zero attached hydrogens (tertiary/aromatic N) is 5. The quantitative estimate of drug-likeness (QED) is 0.475. The van der Waals surface area contributed by atoms with Gasteiger partial charge in [-0.2, -0.15) is 0 Å². The van der Waals surface area contributed by atoms with Gasteiger partial charge in [-0.3, -0.25) is 14.3 Å². The number of ether oxygens (including phenoxy) is 1. The van der Waals surface area contributed by atoms with Crippen molar-refractivity contribution in [3.05, 3.63) is 72.3 Å². The van der Waals surface area contributed by atoms with Gasteiger partial charge in [0.15, 0.2) is 0 Å². The van der Waals surface area contributed by atoms with Crippen molar-refractivity contribution in [1.82, 2.24) is 24.3 Å². The first kappa shape index (κ1) is 20.7. The lowest BCUT2D eigenvalue weighted by molar-refractivity contribution is 0.138. The minimum Gasteiger partial charge on any atom is -0.487 e. The van der Waals surface area contributed by atoms with Gasteiger partial charge in [0.05, 0.1) is 11.7 Å². The molecule has 3 aromatic heterocycles. The van der Waals surface area contributed by atoms with E-state index in [9.17, 15) is 14.3 Å². The van der Waals surface area contributed by atoms with Gasteiger partial charge in [-0.05, 0) is 49.2 Å². The van der Waals surface area contributed by atoms with E-state index in [2.05, 4.69) is 9.97 Å². The molecular weight excluding hydrogens is 427 g/mol. The van der Waals surface area contributed by atoms with E-state index in [1.807, 2.05) is 16.5 Å². The standard InChI is InChI=1S/C23H21FN6O3/c24-15-7-8-26-16(12-15)13-33-17-5-3-14(4-6-17)19-20-21(25)27-9-11-30(20)22(28-19)18-2-1-10-29(18)23(31)32/h3-9,11-12,18H,1-2,10,13H2,(H2,25,27)(H,31,32). The molecular formula is C23H21FN6O3. The number of rotatable bonds is 5. The number of anilines is 1. The SMILES string of the molecule is Nc1nccn2c(C3CCCN3C(=O)O)nc(-c3ccc(OCc4cc(F)ccn4)cc3)c12. The average Bonchev–Trinajstić information content (AvgIpc) is 3.44. The van der Waals surface area contributed by atoms with Crippen LogP contribution in [0.1, 0.15) is 30.4 Å². The fraction of sp³-hybridized carbons (Fsp3) is 0.217. The number of likely N-dealkylation sites (tertiary alicyclic amines) is 1. The van der Waals surface area contributed by atoms with Gasteiger partial charge in [-0.25, -0.2) is 19.2 Å². The van der Waals surface area contributed by atoms with Crippen molar-refractivity contribution in [2.75, 3.05) is 12.3 Å². The fourth-order valence-corrected chi connectivity index (χ4v) is 4.18. The van der Waals surface area contributed by atoms with Crippen LogP contribution >= 0.6 is 0 Å². The van der Waals surface area contributed by atoms with Gasteiger partial charge in [-0.15, -0.1) is 0 Å². The average molecular weight is 448 g/mol. The number of aromatic nitrogens is 4. The molecule has 0 saturated carbocycles. The molecule has 5 rings (SSSR count). The molecule has 9 nitrogen and oxygen atoms in total. The zero-order valence-electron chi connectivity index (χ0n) is 17.6. The molecule has 0 radical (unpaired) electrons. The Hall–Kier alpha value is -4.21. The Morgan fingerprint density at radius 1 is 1.21 bits per heavy atom. The number of hydrogen-bond acceptors (Lipinski definition) is 6. The Morgan fingerprint density at radius 2 is 2.03 bits per heavy atom. The number of hydrogen-bond donors (Lipinski definition) is 2. The molecule has 33 heavy (non-hydrogen) atoms. The highest BCUT2D eigenvalue weighted by Gasteiger charge is 2.34. The first-order chi connectivity index (χ1) is 16.0. The highest BCUT2D eigenvalue weighted by molar-refractivity contribution is 5.85. The van der Waals surface area contributed by atoms with E-state index >= 15 is 0 Å². The van der Waals surface area contributed by atoms with Crippen molar-refractivity contribution >= 4 is 17.4 Å². The summed E-state index contributed by atoms with van der Waals surface area (Å²) in [6, 6.07) is 9.51. The van der Waals surface area contributed by atoms with Gasteiger partial charge in [-0.1, -0.05) is 0 Å². The summed E-state index contributed by atoms with van der Waals surface area (Å²) in [4.78, 5) is 26.2. The molecule has 1 aliphatic heterocycles. The first-order valence-corrected chi connectivity index (χ1v) is 10.5. The van der Waals surface area contributed by atoms with E-state index in [0.29, 0.717) is 47.3 Å². The minimum atomic E-state index is -0.966. The molecule has 1 aliphatic rings. The maximum absolute atomic E-state index is 13.3. The normalized spacial score (nSPS) is 15.8. The summed E-state index contributed by atoms with van der Waals surface area (Å²) in [7, 11) is 0. The van der Waals surface area contributed by atoms with Gasteiger partial charge < -0.3 is 15.6 Å². The zero-order valence-corrected chi connectivity index (χ0v) is 17.6. The molecule has 0 aliphatic carbocycles. The van der Waals surface area contributed by atoms with Gasteiger partial charge in [0, 0.05) is 30.7 Å². The molecule has 1 aromatic carbocycles. The highest BCUT2D eigenvalue weighted by atomic mass is 19.1. The van der Waals surface area contributed by atoms with E-state index < -0.39 is 6.09 Å². The third-order valence-electron chi connectivity index (χ3n) is 5.70. The van der Waals surface area contributed by atoms with Crippen LogP contribution in [0.15, 0.2) is 55.0 Å². The number of nitrogens with two attached hydrogens (primary N) is 1. The van der Waals surface area contributed by atoms with Crippen LogP contribution in [0.5, 0.6) is 5.75 Å². The summed E-state index contributed by atoms with van der Waals surface area (Å²) in [6.07, 6.45) is 5.22. The molecule has 1 unspecified atom stereocenters. The van der Waals surface area contributed by atoms with E-state index in [1.165, 1.54) is 23.2 Å². The van der Waals surface area contributed by atoms with Gasteiger partial charge in [0.2, 0.25) is 0 Å². The van der Waals surface area contributed by atoms with E-state index in [0.717, 1.165) is 12.0 Å². The van der Waals surface area contributed by atoms with E-state index in [-0.39, 0.29) is 18.5 Å². The molecule has 0 spiro atoms. The number of fused-ring (bicyclic) bond motifs is 1. The number of pyridine rings is 1. The number of halogens is 1. The minimum absolute atomic E-state index is 0.137. The summed E-state index contributed by atoms with van der Waals surface area (Å²) in [5.41, 5.74) is 8.71. The third-order valence-corrected chi connectivity index (χ3v) is 5.70. The van der Waals surface area contributed by atoms with Crippen LogP contribution in [-0.2, 0) is 6.61 Å². The molecule has 168 valence electrons. The van der Waals surface area contributed by atoms with Gasteiger partial charge in [0.25, 0.3) is 0 Å². The molecule has 4 aromatic rings. The maximum Gasteiger partial charge on any atom is 0.407 e. The summed E-state index contributed by atoms with van der Waals surface area (Å²) in [6.45, 7) is 0.606. The van der Waals surface area contributed by atoms with Crippen molar-refractivity contribution in [1.29, 1.82) is 0 Å². The van der Waals surface area contributed by atoms with Crippen molar-refractivity contribution in [3.8, 4) is 17.0 Å². The monoisotopic (exact) mass is 448 g/mol. The summed E-state index contributed by atoms with van der Waals surface area (Å²) in [5, 5.41) is 9.59. The lowest BCUT2D eigenvalue weighted by atomic mass is 10.1. The van der Waals surface area contributed by atoms with Gasteiger partial charge >= 0.3 is 6.09 Å². The van der Waals surface area contributed by atoms with Crippen LogP contribution < -0.4 is 10.5 Å². The third kappa shape index (κ3) is 3.91. The lowest BCUT2D eigenvalue weighted by Gasteiger charge is -2.20. The zero-order chi connectivity index (χ0) is 22.9. The molecule has 1 saturated heterocycles. The van der Waals surface area contributed by atoms with Crippen LogP contribution in [0.25, 0.3) is 16.8 Å². The molecule has 1 amide bonds. The lowest BCUT2D eigenvalue weighted by Crippen LogP contribution is -2.29. The Kier molecular flexibility index (Phi) is 5.25. The van der Waals surface area contributed by atoms with Crippen LogP contribution in [0.2, 0.25) is 0 Å². The van der Waals surface area contributed by atoms with E-state index in [4.69, 9.17) is 15.5 Å². The molecule has 4 heterocycles. The highest BCUT2D eigenvalue weighted by Crippen LogP contribution is 2.36. The first-order valence-electron chi connectivity index (χ1n) is 10.5. The predicted octanol–water partition coefficient (Wildman–Crippen LogP) is 3.91. The number of amides is 1. The number of imidazole rings is 1. The van der Waals surface area contributed by atoms with Crippen molar-refractivity contribution in [2.24, 2.45) is 0 Å². The number of carboxylic acid groups (broad SMARTS) is 1. The van der Waals surface area contributed by atoms with Crippen LogP contribution in [0.3, 0.4) is 0 Å². The summed E-state index contributed by atoms with van der Waals surface area (Å²) < 4.78 is 20.9. The van der Waals surface area contributed by atoms with Crippen molar-refractivity contribution in [3.63, 3.8) is 0 Å². The summed E-state index contributed by atoms with van der Waals surface area (Å²) in [5.74, 6) is 1.15. The molecule has 3 N–H and O–H groups in total. The topological polar surface area (TPSA) is 119 Å². The largest absolute Gasteiger partial charge is 0.487 e. The van der Waals surface area contributed by atoms with Crippen LogP contribution in [0.4, 0.5) is 15.0 Å². The summed E-state index contributed by atoms with van der Waals surface area (Å²) >= 11 is 0. The number of nitrogen functional groups attached to an aromatic ring is 1. The van der Waals surface area contributed by atoms with Crippen molar-refractivity contribution in [2.45, 2.75) is 25.5 Å². The smallest absolute Gasteiger partial charge is 0.407 e. The Labute approximate surface area is 188 Å².